The number of nitrogens with one attached hydrogen (secondary N) is 1. The Hall–Kier alpha value is -1.49. The van der Waals surface area contributed by atoms with E-state index in [2.05, 4.69) is 15.5 Å². The van der Waals surface area contributed by atoms with E-state index >= 15 is 0 Å². The minimum absolute atomic E-state index is 0. The minimum atomic E-state index is 0. The lowest BCUT2D eigenvalue weighted by atomic mass is 10.4. The Morgan fingerprint density at radius 1 is 1.33 bits per heavy atom. The molecule has 0 bridgehead atoms. The second-order valence-electron chi connectivity index (χ2n) is 3.24. The Balaban J connectivity index is 0.00000112. The van der Waals surface area contributed by atoms with Crippen molar-refractivity contribution in [2.75, 3.05) is 5.32 Å². The summed E-state index contributed by atoms with van der Waals surface area (Å²) < 4.78 is 3.56. The summed E-state index contributed by atoms with van der Waals surface area (Å²) in [6.07, 6.45) is 5.66. The topological polar surface area (TPSA) is 47.7 Å². The van der Waals surface area contributed by atoms with E-state index < -0.39 is 0 Å². The average molecular weight is 228 g/mol. The van der Waals surface area contributed by atoms with E-state index in [1.165, 1.54) is 0 Å². The highest BCUT2D eigenvalue weighted by atomic mass is 35.5. The number of nitrogens with zero attached hydrogens (tertiary/aromatic N) is 4. The van der Waals surface area contributed by atoms with Gasteiger partial charge in [0.05, 0.1) is 24.1 Å². The first-order valence-corrected chi connectivity index (χ1v) is 4.45. The number of hydrogen-bond donors (Lipinski definition) is 1. The molecule has 0 aliphatic carbocycles. The molecular formula is C9H14ClN5. The van der Waals surface area contributed by atoms with Gasteiger partial charge in [-0.15, -0.1) is 12.4 Å². The molecule has 0 aromatic carbocycles. The molecule has 5 nitrogen and oxygen atoms in total. The second-order valence-corrected chi connectivity index (χ2v) is 3.24. The van der Waals surface area contributed by atoms with Crippen LogP contribution in [0.3, 0.4) is 0 Å². The molecule has 0 fully saturated rings. The van der Waals surface area contributed by atoms with Gasteiger partial charge in [-0.2, -0.15) is 10.2 Å². The Morgan fingerprint density at radius 2 is 2.13 bits per heavy atom. The zero-order chi connectivity index (χ0) is 9.97. The maximum atomic E-state index is 4.26. The van der Waals surface area contributed by atoms with Crippen LogP contribution in [0.5, 0.6) is 0 Å². The molecule has 15 heavy (non-hydrogen) atoms. The first-order valence-electron chi connectivity index (χ1n) is 4.45. The van der Waals surface area contributed by atoms with Gasteiger partial charge >= 0.3 is 0 Å². The zero-order valence-corrected chi connectivity index (χ0v) is 9.53. The molecule has 0 saturated heterocycles. The first-order chi connectivity index (χ1) is 6.74. The van der Waals surface area contributed by atoms with Gasteiger partial charge < -0.3 is 5.32 Å². The van der Waals surface area contributed by atoms with Gasteiger partial charge in [0.1, 0.15) is 0 Å². The minimum Gasteiger partial charge on any atom is -0.377 e. The molecule has 1 N–H and O–H groups in total. The molecule has 2 rings (SSSR count). The lowest BCUT2D eigenvalue weighted by Crippen LogP contribution is -2.00. The summed E-state index contributed by atoms with van der Waals surface area (Å²) in [5.74, 6) is 0. The quantitative estimate of drug-likeness (QED) is 0.857. The van der Waals surface area contributed by atoms with Gasteiger partial charge in [0.2, 0.25) is 0 Å². The molecule has 0 amide bonds. The molecular weight excluding hydrogens is 214 g/mol. The molecule has 0 saturated carbocycles. The molecule has 0 aliphatic heterocycles. The van der Waals surface area contributed by atoms with Gasteiger partial charge in [-0.3, -0.25) is 9.36 Å². The van der Waals surface area contributed by atoms with Crippen LogP contribution in [0.2, 0.25) is 0 Å². The van der Waals surface area contributed by atoms with Gasteiger partial charge in [0.15, 0.2) is 0 Å². The number of anilines is 1. The van der Waals surface area contributed by atoms with Gasteiger partial charge in [0, 0.05) is 26.5 Å². The van der Waals surface area contributed by atoms with Crippen LogP contribution in [0, 0.1) is 0 Å². The van der Waals surface area contributed by atoms with Gasteiger partial charge in [0.25, 0.3) is 0 Å². The van der Waals surface area contributed by atoms with Crippen LogP contribution >= 0.6 is 12.4 Å². The van der Waals surface area contributed by atoms with Crippen molar-refractivity contribution in [3.05, 3.63) is 30.4 Å². The van der Waals surface area contributed by atoms with E-state index in [4.69, 9.17) is 0 Å². The van der Waals surface area contributed by atoms with E-state index in [1.807, 2.05) is 32.6 Å². The smallest absolute Gasteiger partial charge is 0.0815 e. The molecule has 2 heterocycles. The van der Waals surface area contributed by atoms with Crippen LogP contribution in [-0.4, -0.2) is 19.6 Å². The van der Waals surface area contributed by atoms with Crippen LogP contribution in [0.15, 0.2) is 24.7 Å². The molecule has 2 aromatic heterocycles. The Kier molecular flexibility index (Phi) is 3.74. The standard InChI is InChI=1S/C9H13N5.ClH/c1-13-4-3-8(12-13)5-10-9-6-11-14(2)7-9;/h3-4,6-7,10H,5H2,1-2H3;1H. The molecule has 82 valence electrons. The number of rotatable bonds is 3. The Morgan fingerprint density at radius 3 is 2.67 bits per heavy atom. The fourth-order valence-corrected chi connectivity index (χ4v) is 1.26. The van der Waals surface area contributed by atoms with Gasteiger partial charge in [-0.25, -0.2) is 0 Å². The lowest BCUT2D eigenvalue weighted by Gasteiger charge is -1.98. The van der Waals surface area contributed by atoms with E-state index in [0.29, 0.717) is 0 Å². The number of hydrogen-bond acceptors (Lipinski definition) is 3. The third-order valence-corrected chi connectivity index (χ3v) is 1.95. The van der Waals surface area contributed by atoms with Crippen molar-refractivity contribution in [2.45, 2.75) is 6.54 Å². The van der Waals surface area contributed by atoms with Crippen LogP contribution in [0.4, 0.5) is 5.69 Å². The summed E-state index contributed by atoms with van der Waals surface area (Å²) in [4.78, 5) is 0. The normalized spacial score (nSPS) is 9.73. The highest BCUT2D eigenvalue weighted by Gasteiger charge is 1.98. The SMILES string of the molecule is Cl.Cn1cc(NCc2ccn(C)n2)cn1. The van der Waals surface area contributed by atoms with Crippen molar-refractivity contribution < 1.29 is 0 Å². The number of halogens is 1. The number of aromatic nitrogens is 4. The van der Waals surface area contributed by atoms with Crippen LogP contribution in [-0.2, 0) is 20.6 Å². The summed E-state index contributed by atoms with van der Waals surface area (Å²) in [6, 6.07) is 1.99. The number of aryl methyl sites for hydroxylation is 2. The van der Waals surface area contributed by atoms with Crippen molar-refractivity contribution in [1.29, 1.82) is 0 Å². The van der Waals surface area contributed by atoms with Crippen molar-refractivity contribution in [3.63, 3.8) is 0 Å². The predicted molar refractivity (Wildman–Crippen MR) is 61.0 cm³/mol. The molecule has 0 spiro atoms. The first kappa shape index (κ1) is 11.6. The van der Waals surface area contributed by atoms with E-state index in [9.17, 15) is 0 Å². The van der Waals surface area contributed by atoms with Crippen LogP contribution in [0.25, 0.3) is 0 Å². The average Bonchev–Trinajstić information content (AvgIpc) is 2.72. The monoisotopic (exact) mass is 227 g/mol. The maximum absolute atomic E-state index is 4.26. The molecule has 0 atom stereocenters. The summed E-state index contributed by atoms with van der Waals surface area (Å²) in [5, 5.41) is 11.6. The summed E-state index contributed by atoms with van der Waals surface area (Å²) in [6.45, 7) is 0.729. The Labute approximate surface area is 94.5 Å². The summed E-state index contributed by atoms with van der Waals surface area (Å²) >= 11 is 0. The third-order valence-electron chi connectivity index (χ3n) is 1.95. The molecule has 2 aromatic rings. The second kappa shape index (κ2) is 4.84. The van der Waals surface area contributed by atoms with E-state index in [1.54, 1.807) is 15.6 Å². The third kappa shape index (κ3) is 2.99. The van der Waals surface area contributed by atoms with E-state index in [0.717, 1.165) is 17.9 Å². The summed E-state index contributed by atoms with van der Waals surface area (Å²) in [7, 11) is 3.81. The van der Waals surface area contributed by atoms with Gasteiger partial charge in [-0.05, 0) is 6.07 Å². The fourth-order valence-electron chi connectivity index (χ4n) is 1.26. The molecule has 6 heteroatoms. The molecule has 0 radical (unpaired) electrons. The maximum Gasteiger partial charge on any atom is 0.0815 e. The Bertz CT molecular complexity index is 379. The van der Waals surface area contributed by atoms with E-state index in [-0.39, 0.29) is 12.4 Å². The summed E-state index contributed by atoms with van der Waals surface area (Å²) in [5.41, 5.74) is 2.04. The highest BCUT2D eigenvalue weighted by molar-refractivity contribution is 5.85. The van der Waals surface area contributed by atoms with Crippen molar-refractivity contribution >= 4 is 18.1 Å². The lowest BCUT2D eigenvalue weighted by molar-refractivity contribution is 0.747. The van der Waals surface area contributed by atoms with Crippen LogP contribution in [0.1, 0.15) is 5.69 Å². The fraction of sp³-hybridized carbons (Fsp3) is 0.333. The van der Waals surface area contributed by atoms with Crippen molar-refractivity contribution in [2.24, 2.45) is 14.1 Å². The highest BCUT2D eigenvalue weighted by Crippen LogP contribution is 2.05. The zero-order valence-electron chi connectivity index (χ0n) is 8.71. The largest absolute Gasteiger partial charge is 0.377 e. The molecule has 0 unspecified atom stereocenters. The van der Waals surface area contributed by atoms with Crippen molar-refractivity contribution in [1.82, 2.24) is 19.6 Å². The predicted octanol–water partition coefficient (Wildman–Crippen LogP) is 1.19. The molecule has 0 aliphatic rings. The van der Waals surface area contributed by atoms with Crippen molar-refractivity contribution in [3.8, 4) is 0 Å². The van der Waals surface area contributed by atoms with Crippen LogP contribution < -0.4 is 5.32 Å². The van der Waals surface area contributed by atoms with Gasteiger partial charge in [-0.1, -0.05) is 0 Å².